The summed E-state index contributed by atoms with van der Waals surface area (Å²) in [4.78, 5) is 12.3. The molecule has 3 rings (SSSR count). The molecule has 27 heavy (non-hydrogen) atoms. The summed E-state index contributed by atoms with van der Waals surface area (Å²) in [6, 6.07) is 21.3. The molecule has 134 valence electrons. The van der Waals surface area contributed by atoms with Crippen LogP contribution in [0.2, 0.25) is 0 Å². The SMILES string of the molecule is CC(=N)C(C#N)C(=O)CSc1nnc(-c2ccccc2)n1-c1ccccc1. The lowest BCUT2D eigenvalue weighted by Crippen LogP contribution is -2.21. The van der Waals surface area contributed by atoms with Crippen molar-refractivity contribution in [3.8, 4) is 23.1 Å². The maximum Gasteiger partial charge on any atom is 0.196 e. The highest BCUT2D eigenvalue weighted by Crippen LogP contribution is 2.28. The molecule has 0 spiro atoms. The van der Waals surface area contributed by atoms with Crippen LogP contribution in [0.5, 0.6) is 0 Å². The second-order valence-corrected chi connectivity index (χ2v) is 6.79. The van der Waals surface area contributed by atoms with Gasteiger partial charge in [-0.25, -0.2) is 0 Å². The first-order chi connectivity index (χ1) is 13.1. The summed E-state index contributed by atoms with van der Waals surface area (Å²) >= 11 is 1.22. The minimum atomic E-state index is -1.01. The maximum atomic E-state index is 12.3. The van der Waals surface area contributed by atoms with Gasteiger partial charge in [-0.2, -0.15) is 5.26 Å². The van der Waals surface area contributed by atoms with E-state index >= 15 is 0 Å². The number of hydrogen-bond donors (Lipinski definition) is 1. The van der Waals surface area contributed by atoms with Gasteiger partial charge in [-0.3, -0.25) is 9.36 Å². The third-order valence-electron chi connectivity index (χ3n) is 3.91. The molecule has 6 nitrogen and oxygen atoms in total. The Morgan fingerprint density at radius 3 is 2.37 bits per heavy atom. The number of carbonyl (C=O) groups is 1. The molecule has 0 saturated carbocycles. The van der Waals surface area contributed by atoms with Crippen LogP contribution in [0.15, 0.2) is 65.8 Å². The Balaban J connectivity index is 1.95. The molecule has 1 heterocycles. The Morgan fingerprint density at radius 1 is 1.15 bits per heavy atom. The van der Waals surface area contributed by atoms with Gasteiger partial charge >= 0.3 is 0 Å². The fourth-order valence-electron chi connectivity index (χ4n) is 2.58. The summed E-state index contributed by atoms with van der Waals surface area (Å²) in [5.41, 5.74) is 1.85. The number of nitriles is 1. The van der Waals surface area contributed by atoms with Crippen LogP contribution in [0.4, 0.5) is 0 Å². The summed E-state index contributed by atoms with van der Waals surface area (Å²) in [6.07, 6.45) is 0. The maximum absolute atomic E-state index is 12.3. The normalized spacial score (nSPS) is 11.6. The third kappa shape index (κ3) is 4.13. The summed E-state index contributed by atoms with van der Waals surface area (Å²) < 4.78 is 1.89. The monoisotopic (exact) mass is 375 g/mol. The Labute approximate surface area is 161 Å². The number of carbonyl (C=O) groups excluding carboxylic acids is 1. The Bertz CT molecular complexity index is 992. The zero-order chi connectivity index (χ0) is 19.2. The summed E-state index contributed by atoms with van der Waals surface area (Å²) in [7, 11) is 0. The summed E-state index contributed by atoms with van der Waals surface area (Å²) in [6.45, 7) is 1.47. The van der Waals surface area contributed by atoms with Gasteiger partial charge in [0.2, 0.25) is 0 Å². The van der Waals surface area contributed by atoms with Crippen LogP contribution in [0.25, 0.3) is 17.1 Å². The van der Waals surface area contributed by atoms with E-state index in [0.29, 0.717) is 11.0 Å². The average Bonchev–Trinajstić information content (AvgIpc) is 3.12. The molecule has 0 aliphatic rings. The van der Waals surface area contributed by atoms with Crippen molar-refractivity contribution in [3.63, 3.8) is 0 Å². The molecule has 3 aromatic rings. The summed E-state index contributed by atoms with van der Waals surface area (Å²) in [5.74, 6) is -0.594. The van der Waals surface area contributed by atoms with Crippen molar-refractivity contribution < 1.29 is 4.79 Å². The average molecular weight is 375 g/mol. The van der Waals surface area contributed by atoms with Crippen molar-refractivity contribution in [1.29, 1.82) is 10.7 Å². The molecule has 0 aliphatic heterocycles. The second kappa shape index (κ2) is 8.43. The van der Waals surface area contributed by atoms with Crippen LogP contribution < -0.4 is 0 Å². The molecular weight excluding hydrogens is 358 g/mol. The van der Waals surface area contributed by atoms with Gasteiger partial charge in [-0.05, 0) is 19.1 Å². The van der Waals surface area contributed by atoms with E-state index in [-0.39, 0.29) is 17.2 Å². The minimum absolute atomic E-state index is 0.0498. The minimum Gasteiger partial charge on any atom is -0.308 e. The largest absolute Gasteiger partial charge is 0.308 e. The summed E-state index contributed by atoms with van der Waals surface area (Å²) in [5, 5.41) is 25.8. The number of benzene rings is 2. The van der Waals surface area contributed by atoms with Gasteiger partial charge in [0, 0.05) is 17.0 Å². The molecule has 0 bridgehead atoms. The number of aromatic nitrogens is 3. The van der Waals surface area contributed by atoms with Crippen LogP contribution in [0, 0.1) is 22.7 Å². The van der Waals surface area contributed by atoms with E-state index in [1.807, 2.05) is 71.3 Å². The molecule has 0 amide bonds. The predicted molar refractivity (Wildman–Crippen MR) is 105 cm³/mol. The fourth-order valence-corrected chi connectivity index (χ4v) is 3.43. The van der Waals surface area contributed by atoms with Gasteiger partial charge in [-0.15, -0.1) is 10.2 Å². The zero-order valence-corrected chi connectivity index (χ0v) is 15.5. The molecule has 0 radical (unpaired) electrons. The molecule has 1 aromatic heterocycles. The van der Waals surface area contributed by atoms with E-state index in [2.05, 4.69) is 10.2 Å². The first-order valence-electron chi connectivity index (χ1n) is 8.28. The lowest BCUT2D eigenvalue weighted by Gasteiger charge is -2.10. The number of rotatable bonds is 7. The van der Waals surface area contributed by atoms with Crippen LogP contribution >= 0.6 is 11.8 Å². The molecule has 2 aromatic carbocycles. The van der Waals surface area contributed by atoms with E-state index in [1.165, 1.54) is 18.7 Å². The smallest absolute Gasteiger partial charge is 0.196 e. The van der Waals surface area contributed by atoms with Crippen LogP contribution in [0.1, 0.15) is 6.92 Å². The Morgan fingerprint density at radius 2 is 1.78 bits per heavy atom. The van der Waals surface area contributed by atoms with Gasteiger partial charge in [0.25, 0.3) is 0 Å². The molecule has 1 atom stereocenters. The van der Waals surface area contributed by atoms with E-state index in [9.17, 15) is 4.79 Å². The van der Waals surface area contributed by atoms with E-state index < -0.39 is 5.92 Å². The van der Waals surface area contributed by atoms with Gasteiger partial charge in [0.1, 0.15) is 5.92 Å². The zero-order valence-electron chi connectivity index (χ0n) is 14.7. The molecule has 0 aliphatic carbocycles. The molecule has 0 saturated heterocycles. The van der Waals surface area contributed by atoms with Gasteiger partial charge < -0.3 is 5.41 Å². The highest BCUT2D eigenvalue weighted by Gasteiger charge is 2.22. The number of Topliss-reactive ketones (excluding diaryl/α,β-unsaturated/α-hetero) is 1. The molecule has 1 unspecified atom stereocenters. The van der Waals surface area contributed by atoms with Crippen molar-refractivity contribution in [1.82, 2.24) is 14.8 Å². The third-order valence-corrected chi connectivity index (χ3v) is 4.86. The Kier molecular flexibility index (Phi) is 5.79. The first kappa shape index (κ1) is 18.5. The number of para-hydroxylation sites is 1. The fraction of sp³-hybridized carbons (Fsp3) is 0.150. The molecule has 0 fully saturated rings. The lowest BCUT2D eigenvalue weighted by atomic mass is 10.0. The number of nitrogens with one attached hydrogen (secondary N) is 1. The van der Waals surface area contributed by atoms with Gasteiger partial charge in [0.05, 0.1) is 11.8 Å². The molecular formula is C20H17N5OS. The predicted octanol–water partition coefficient (Wildman–Crippen LogP) is 3.77. The number of hydrogen-bond acceptors (Lipinski definition) is 6. The van der Waals surface area contributed by atoms with E-state index in [4.69, 9.17) is 10.7 Å². The van der Waals surface area contributed by atoms with E-state index in [1.54, 1.807) is 0 Å². The lowest BCUT2D eigenvalue weighted by molar-refractivity contribution is -0.117. The van der Waals surface area contributed by atoms with E-state index in [0.717, 1.165) is 11.3 Å². The number of nitrogens with zero attached hydrogens (tertiary/aromatic N) is 4. The van der Waals surface area contributed by atoms with Crippen molar-refractivity contribution in [3.05, 3.63) is 60.7 Å². The molecule has 1 N–H and O–H groups in total. The van der Waals surface area contributed by atoms with Crippen molar-refractivity contribution in [2.75, 3.05) is 5.75 Å². The van der Waals surface area contributed by atoms with Crippen molar-refractivity contribution in [2.24, 2.45) is 5.92 Å². The number of thioether (sulfide) groups is 1. The second-order valence-electron chi connectivity index (χ2n) is 5.84. The van der Waals surface area contributed by atoms with Crippen LogP contribution in [0.3, 0.4) is 0 Å². The van der Waals surface area contributed by atoms with Gasteiger partial charge in [-0.1, -0.05) is 60.3 Å². The van der Waals surface area contributed by atoms with Gasteiger partial charge in [0.15, 0.2) is 16.8 Å². The standard InChI is InChI=1S/C20H17N5OS/c1-14(22)17(12-21)18(26)13-27-20-24-23-19(15-8-4-2-5-9-15)25(20)16-10-6-3-7-11-16/h2-11,17,22H,13H2,1H3. The topological polar surface area (TPSA) is 95.4 Å². The number of ketones is 1. The molecule has 7 heteroatoms. The van der Waals surface area contributed by atoms with Crippen LogP contribution in [-0.2, 0) is 4.79 Å². The van der Waals surface area contributed by atoms with Crippen molar-refractivity contribution in [2.45, 2.75) is 12.1 Å². The highest BCUT2D eigenvalue weighted by molar-refractivity contribution is 7.99. The van der Waals surface area contributed by atoms with Crippen LogP contribution in [-0.4, -0.2) is 32.0 Å². The quantitative estimate of drug-likeness (QED) is 0.501. The van der Waals surface area contributed by atoms with Crippen molar-refractivity contribution >= 4 is 23.3 Å². The highest BCUT2D eigenvalue weighted by atomic mass is 32.2. The first-order valence-corrected chi connectivity index (χ1v) is 9.27. The Hall–Kier alpha value is -3.24.